The molecule has 0 radical (unpaired) electrons. The molecule has 54 heavy (non-hydrogen) atoms. The minimum absolute atomic E-state index is 0.200. The molecule has 0 saturated heterocycles. The largest absolute Gasteiger partial charge is 0.382 e. The van der Waals surface area contributed by atoms with Crippen molar-refractivity contribution in [3.05, 3.63) is 0 Å². The molecule has 0 aliphatic carbocycles. The van der Waals surface area contributed by atoms with Gasteiger partial charge < -0.3 is 36.6 Å². The van der Waals surface area contributed by atoms with Crippen LogP contribution in [0.15, 0.2) is 0 Å². The van der Waals surface area contributed by atoms with Crippen molar-refractivity contribution in [2.75, 3.05) is 86.6 Å². The molecule has 0 aliphatic rings. The van der Waals surface area contributed by atoms with Crippen molar-refractivity contribution in [1.82, 2.24) is 0 Å². The van der Waals surface area contributed by atoms with Gasteiger partial charge in [-0.15, -0.1) is 0 Å². The molecule has 0 bridgehead atoms. The van der Waals surface area contributed by atoms with Crippen molar-refractivity contribution in [3.8, 4) is 0 Å². The molecule has 0 aliphatic heterocycles. The second-order valence-electron chi connectivity index (χ2n) is 19.4. The fraction of sp³-hybridized carbons (Fsp3) is 1.00. The van der Waals surface area contributed by atoms with Crippen molar-refractivity contribution in [1.29, 1.82) is 0 Å². The van der Waals surface area contributed by atoms with Gasteiger partial charge in [-0.3, -0.25) is 0 Å². The van der Waals surface area contributed by atoms with E-state index < -0.39 is 0 Å². The summed E-state index contributed by atoms with van der Waals surface area (Å²) in [4.78, 5) is 0. The van der Waals surface area contributed by atoms with Crippen molar-refractivity contribution in [3.63, 3.8) is 0 Å². The van der Waals surface area contributed by atoms with Crippen LogP contribution in [0, 0.1) is 29.6 Å². The maximum absolute atomic E-state index is 10.7. The van der Waals surface area contributed by atoms with Crippen molar-refractivity contribution in [2.24, 2.45) is 29.6 Å². The van der Waals surface area contributed by atoms with Gasteiger partial charge in [0.15, 0.2) is 6.10 Å². The predicted octanol–water partition coefficient (Wildman–Crippen LogP) is 4.70. The van der Waals surface area contributed by atoms with Gasteiger partial charge in [-0.25, -0.2) is 0 Å². The molecule has 0 amide bonds. The zero-order valence-electron chi connectivity index (χ0n) is 38.7. The van der Waals surface area contributed by atoms with Gasteiger partial charge in [-0.05, 0) is 89.9 Å². The van der Waals surface area contributed by atoms with Gasteiger partial charge in [0, 0.05) is 29.6 Å². The third-order valence-electron chi connectivity index (χ3n) is 12.7. The van der Waals surface area contributed by atoms with Crippen molar-refractivity contribution in [2.45, 2.75) is 188 Å². The molecule has 326 valence electrons. The number of aliphatic hydroxyl groups is 1. The van der Waals surface area contributed by atoms with E-state index in [0.717, 1.165) is 60.3 Å². The van der Waals surface area contributed by atoms with Gasteiger partial charge in [0.1, 0.15) is 13.1 Å². The van der Waals surface area contributed by atoms with Gasteiger partial charge in [0.25, 0.3) is 0 Å². The Bertz CT molecular complexity index is 744. The van der Waals surface area contributed by atoms with Crippen molar-refractivity contribution >= 4 is 0 Å². The summed E-state index contributed by atoms with van der Waals surface area (Å²) in [6.07, 6.45) is 31.6. The van der Waals surface area contributed by atoms with Gasteiger partial charge >= 0.3 is 0 Å². The molecule has 0 aromatic rings. The maximum Gasteiger partial charge on any atom is 0.151 e. The van der Waals surface area contributed by atoms with E-state index >= 15 is 0 Å². The average molecular weight is 773 g/mol. The molecule has 12 N–H and O–H groups in total. The Hall–Kier alpha value is -0.280. The number of unbranched alkanes of at least 4 members (excludes halogenated alkanes) is 10. The Morgan fingerprint density at radius 1 is 0.463 bits per heavy atom. The normalized spacial score (nSPS) is 15.7. The van der Waals surface area contributed by atoms with Crippen LogP contribution in [0.5, 0.6) is 0 Å². The first-order chi connectivity index (χ1) is 26.0. The molecule has 0 saturated carbocycles. The first-order valence-corrected chi connectivity index (χ1v) is 24.6. The van der Waals surface area contributed by atoms with Crippen LogP contribution in [-0.2, 0) is 0 Å². The predicted molar refractivity (Wildman–Crippen MR) is 235 cm³/mol. The minimum Gasteiger partial charge on any atom is -0.382 e. The first kappa shape index (κ1) is 53.7. The third-order valence-corrected chi connectivity index (χ3v) is 12.7. The highest BCUT2D eigenvalue weighted by atomic mass is 16.3. The van der Waals surface area contributed by atoms with E-state index in [9.17, 15) is 5.11 Å². The van der Waals surface area contributed by atoms with Crippen LogP contribution in [0.1, 0.15) is 182 Å². The third kappa shape index (κ3) is 37.3. The number of rotatable bonds is 43. The Kier molecular flexibility index (Phi) is 38.1. The van der Waals surface area contributed by atoms with Gasteiger partial charge in [-0.1, -0.05) is 92.4 Å². The highest BCUT2D eigenvalue weighted by Gasteiger charge is 2.18. The van der Waals surface area contributed by atoms with E-state index in [0.29, 0.717) is 0 Å². The van der Waals surface area contributed by atoms with Crippen LogP contribution in [-0.4, -0.2) is 102 Å². The Morgan fingerprint density at radius 2 is 0.907 bits per heavy atom. The van der Waals surface area contributed by atoms with Crippen molar-refractivity contribution < 1.29 is 36.6 Å². The Balaban J connectivity index is 4.83. The number of nitrogens with two attached hydrogens (primary N) is 4. The molecule has 6 unspecified atom stereocenters. The topological polar surface area (TPSA) is 114 Å². The van der Waals surface area contributed by atoms with Crippen LogP contribution in [0.25, 0.3) is 0 Å². The number of hydrogen-bond donors (Lipinski definition) is 6. The SMILES string of the molecule is CCCCCCCCCC[NH2+]CC(CCCC(C)C[NH2+]CCCCCC[N+](C)(C)C)CCCC(CCCC(CC)C[NH3+])C[NH2+]CC(O)C[NH2+]CC(C)CC. The van der Waals surface area contributed by atoms with E-state index in [-0.39, 0.29) is 6.10 Å². The lowest BCUT2D eigenvalue weighted by atomic mass is 9.88. The number of nitrogens with zero attached hydrogens (tertiary/aromatic N) is 1. The van der Waals surface area contributed by atoms with Gasteiger partial charge in [0.05, 0.1) is 73.5 Å². The molecule has 7 heteroatoms. The zero-order chi connectivity index (χ0) is 40.1. The Morgan fingerprint density at radius 3 is 1.43 bits per heavy atom. The quantitative estimate of drug-likeness (QED) is 0.0392. The van der Waals surface area contributed by atoms with Crippen LogP contribution in [0.4, 0.5) is 0 Å². The zero-order valence-corrected chi connectivity index (χ0v) is 38.7. The maximum atomic E-state index is 10.7. The lowest BCUT2D eigenvalue weighted by Crippen LogP contribution is -2.93. The molecule has 0 rings (SSSR count). The summed E-state index contributed by atoms with van der Waals surface area (Å²) in [5.41, 5.74) is 4.22. The smallest absolute Gasteiger partial charge is 0.151 e. The molecular formula is C47H108N6O+6. The average Bonchev–Trinajstić information content (AvgIpc) is 3.14. The summed E-state index contributed by atoms with van der Waals surface area (Å²) in [7, 11) is 6.93. The number of hydrogen-bond acceptors (Lipinski definition) is 1. The fourth-order valence-corrected chi connectivity index (χ4v) is 8.34. The summed E-state index contributed by atoms with van der Waals surface area (Å²) < 4.78 is 1.10. The second-order valence-corrected chi connectivity index (χ2v) is 19.4. The van der Waals surface area contributed by atoms with E-state index in [1.165, 1.54) is 187 Å². The molecular weight excluding hydrogens is 665 g/mol. The Labute approximate surface area is 340 Å². The molecule has 0 fully saturated rings. The van der Waals surface area contributed by atoms with E-state index in [2.05, 4.69) is 82.8 Å². The van der Waals surface area contributed by atoms with Crippen LogP contribution < -0.4 is 27.0 Å². The van der Waals surface area contributed by atoms with E-state index in [4.69, 9.17) is 0 Å². The van der Waals surface area contributed by atoms with Crippen LogP contribution in [0.2, 0.25) is 0 Å². The fourth-order valence-electron chi connectivity index (χ4n) is 8.34. The summed E-state index contributed by atoms with van der Waals surface area (Å²) >= 11 is 0. The number of quaternary nitrogens is 6. The monoisotopic (exact) mass is 773 g/mol. The molecule has 6 atom stereocenters. The van der Waals surface area contributed by atoms with E-state index in [1.54, 1.807) is 0 Å². The molecule has 0 spiro atoms. The van der Waals surface area contributed by atoms with Gasteiger partial charge in [0.2, 0.25) is 0 Å². The van der Waals surface area contributed by atoms with E-state index in [1.807, 2.05) is 0 Å². The second kappa shape index (κ2) is 38.2. The molecule has 0 aromatic carbocycles. The van der Waals surface area contributed by atoms with Gasteiger partial charge in [-0.2, -0.15) is 0 Å². The molecule has 0 heterocycles. The lowest BCUT2D eigenvalue weighted by molar-refractivity contribution is -0.870. The summed E-state index contributed by atoms with van der Waals surface area (Å²) in [6, 6.07) is 0. The van der Waals surface area contributed by atoms with Crippen LogP contribution >= 0.6 is 0 Å². The molecule has 7 nitrogen and oxygen atoms in total. The summed E-state index contributed by atoms with van der Waals surface area (Å²) in [5, 5.41) is 20.7. The summed E-state index contributed by atoms with van der Waals surface area (Å²) in [5.74, 6) is 4.00. The molecule has 0 aromatic heterocycles. The summed E-state index contributed by atoms with van der Waals surface area (Å²) in [6.45, 7) is 23.4. The van der Waals surface area contributed by atoms with Crippen LogP contribution in [0.3, 0.4) is 0 Å². The lowest BCUT2D eigenvalue weighted by Gasteiger charge is -2.23. The highest BCUT2D eigenvalue weighted by molar-refractivity contribution is 4.66. The standard InChI is InChI=1S/C47H103N6O/c1-9-12-13-14-15-16-17-20-33-50-38-45(28-23-26-43(5)37-49-32-21-18-19-22-34-53(6,7)8)30-25-31-46(29-24-27-44(11-3)35-48)39-52-41-47(54)40-51-36-42(4)10-2/h42-47,49-52,54H,9-41,48H2,1-8H3/q+1/p+5. The minimum atomic E-state index is -0.200. The number of aliphatic hydroxyl groups excluding tert-OH is 1. The first-order valence-electron chi connectivity index (χ1n) is 24.6. The highest BCUT2D eigenvalue weighted by Crippen LogP contribution is 2.22.